The summed E-state index contributed by atoms with van der Waals surface area (Å²) in [7, 11) is 0. The van der Waals surface area contributed by atoms with E-state index in [1.807, 2.05) is 0 Å². The van der Waals surface area contributed by atoms with Crippen LogP contribution in [0.1, 0.15) is 41.5 Å². The van der Waals surface area contributed by atoms with Crippen molar-refractivity contribution in [3.63, 3.8) is 0 Å². The number of ether oxygens (including phenoxy) is 1. The summed E-state index contributed by atoms with van der Waals surface area (Å²) >= 11 is 0. The lowest BCUT2D eigenvalue weighted by molar-refractivity contribution is -0.0635. The van der Waals surface area contributed by atoms with Crippen molar-refractivity contribution in [3.8, 4) is 0 Å². The lowest BCUT2D eigenvalue weighted by Crippen LogP contribution is -2.55. The third kappa shape index (κ3) is 4.40. The lowest BCUT2D eigenvalue weighted by Gasteiger charge is -2.41. The first-order valence-corrected chi connectivity index (χ1v) is 6.42. The van der Waals surface area contributed by atoms with Gasteiger partial charge >= 0.3 is 0 Å². The molecule has 0 aromatic heterocycles. The highest BCUT2D eigenvalue weighted by atomic mass is 16.5. The maximum absolute atomic E-state index is 5.65. The van der Waals surface area contributed by atoms with Crippen LogP contribution < -0.4 is 5.32 Å². The van der Waals surface area contributed by atoms with E-state index in [-0.39, 0.29) is 5.54 Å². The molecule has 1 aliphatic heterocycles. The average molecular weight is 228 g/mol. The zero-order valence-corrected chi connectivity index (χ0v) is 11.7. The summed E-state index contributed by atoms with van der Waals surface area (Å²) < 4.78 is 5.65. The van der Waals surface area contributed by atoms with E-state index >= 15 is 0 Å². The number of hydrogen-bond donors (Lipinski definition) is 1. The highest BCUT2D eigenvalue weighted by Crippen LogP contribution is 2.14. The Labute approximate surface area is 101 Å². The van der Waals surface area contributed by atoms with Crippen molar-refractivity contribution >= 4 is 0 Å². The first-order valence-electron chi connectivity index (χ1n) is 6.42. The molecule has 3 atom stereocenters. The minimum atomic E-state index is 0.204. The molecule has 0 amide bonds. The Balaban J connectivity index is 2.42. The molecule has 0 spiro atoms. The summed E-state index contributed by atoms with van der Waals surface area (Å²) in [5.74, 6) is 0. The van der Waals surface area contributed by atoms with Gasteiger partial charge in [0.1, 0.15) is 0 Å². The van der Waals surface area contributed by atoms with Crippen LogP contribution in [-0.4, -0.2) is 48.3 Å². The normalized spacial score (nSPS) is 30.4. The van der Waals surface area contributed by atoms with E-state index in [1.165, 1.54) is 0 Å². The number of nitrogens with one attached hydrogen (secondary N) is 1. The predicted octanol–water partition coefficient (Wildman–Crippen LogP) is 1.87. The average Bonchev–Trinajstić information content (AvgIpc) is 2.17. The van der Waals surface area contributed by atoms with Crippen molar-refractivity contribution in [1.29, 1.82) is 0 Å². The summed E-state index contributed by atoms with van der Waals surface area (Å²) in [5.41, 5.74) is 0.204. The Kier molecular flexibility index (Phi) is 4.77. The van der Waals surface area contributed by atoms with Crippen LogP contribution in [0.25, 0.3) is 0 Å². The van der Waals surface area contributed by atoms with E-state index in [1.54, 1.807) is 0 Å². The Morgan fingerprint density at radius 2 is 2.00 bits per heavy atom. The van der Waals surface area contributed by atoms with Crippen LogP contribution in [0, 0.1) is 0 Å². The Hall–Kier alpha value is -0.120. The van der Waals surface area contributed by atoms with E-state index in [9.17, 15) is 0 Å². The zero-order chi connectivity index (χ0) is 12.3. The van der Waals surface area contributed by atoms with Crippen LogP contribution in [0.3, 0.4) is 0 Å². The standard InChI is InChI=1S/C13H28N2O/c1-10(7-14-13(4,5)6)15-8-12(3)16-9-11(15)2/h10-12,14H,7-9H2,1-6H3. The Morgan fingerprint density at radius 3 is 2.56 bits per heavy atom. The maximum Gasteiger partial charge on any atom is 0.0674 e. The van der Waals surface area contributed by atoms with Gasteiger partial charge in [-0.1, -0.05) is 0 Å². The summed E-state index contributed by atoms with van der Waals surface area (Å²) in [6, 6.07) is 1.11. The summed E-state index contributed by atoms with van der Waals surface area (Å²) in [4.78, 5) is 2.55. The minimum Gasteiger partial charge on any atom is -0.376 e. The molecule has 96 valence electrons. The highest BCUT2D eigenvalue weighted by molar-refractivity contribution is 4.82. The highest BCUT2D eigenvalue weighted by Gasteiger charge is 2.27. The Bertz CT molecular complexity index is 212. The molecule has 0 aromatic rings. The van der Waals surface area contributed by atoms with Crippen molar-refractivity contribution in [3.05, 3.63) is 0 Å². The van der Waals surface area contributed by atoms with Crippen molar-refractivity contribution in [2.24, 2.45) is 0 Å². The summed E-state index contributed by atoms with van der Waals surface area (Å²) in [6.07, 6.45) is 0.369. The van der Waals surface area contributed by atoms with Gasteiger partial charge in [0.05, 0.1) is 12.7 Å². The largest absolute Gasteiger partial charge is 0.376 e. The topological polar surface area (TPSA) is 24.5 Å². The quantitative estimate of drug-likeness (QED) is 0.798. The van der Waals surface area contributed by atoms with Gasteiger partial charge in [-0.05, 0) is 41.5 Å². The molecular weight excluding hydrogens is 200 g/mol. The van der Waals surface area contributed by atoms with Crippen LogP contribution >= 0.6 is 0 Å². The SMILES string of the molecule is CC1CN(C(C)CNC(C)(C)C)C(C)CO1. The monoisotopic (exact) mass is 228 g/mol. The molecule has 1 saturated heterocycles. The third-order valence-electron chi connectivity index (χ3n) is 3.15. The van der Waals surface area contributed by atoms with Gasteiger partial charge in [0.2, 0.25) is 0 Å². The van der Waals surface area contributed by atoms with Gasteiger partial charge in [0, 0.05) is 30.7 Å². The third-order valence-corrected chi connectivity index (χ3v) is 3.15. The second-order valence-corrected chi connectivity index (χ2v) is 6.17. The van der Waals surface area contributed by atoms with Gasteiger partial charge in [0.25, 0.3) is 0 Å². The molecule has 0 bridgehead atoms. The maximum atomic E-state index is 5.65. The van der Waals surface area contributed by atoms with Gasteiger partial charge in [-0.15, -0.1) is 0 Å². The molecule has 3 nitrogen and oxygen atoms in total. The van der Waals surface area contributed by atoms with Crippen LogP contribution in [0.4, 0.5) is 0 Å². The molecule has 1 heterocycles. The van der Waals surface area contributed by atoms with Crippen LogP contribution in [0.5, 0.6) is 0 Å². The van der Waals surface area contributed by atoms with Gasteiger partial charge in [-0.2, -0.15) is 0 Å². The second-order valence-electron chi connectivity index (χ2n) is 6.17. The molecular formula is C13H28N2O. The molecule has 3 unspecified atom stereocenters. The fourth-order valence-electron chi connectivity index (χ4n) is 2.11. The van der Waals surface area contributed by atoms with Crippen molar-refractivity contribution < 1.29 is 4.74 Å². The molecule has 0 saturated carbocycles. The second kappa shape index (κ2) is 5.48. The number of rotatable bonds is 3. The van der Waals surface area contributed by atoms with Crippen LogP contribution in [-0.2, 0) is 4.74 Å². The lowest BCUT2D eigenvalue weighted by atomic mass is 10.1. The van der Waals surface area contributed by atoms with Crippen molar-refractivity contribution in [2.75, 3.05) is 19.7 Å². The van der Waals surface area contributed by atoms with Gasteiger partial charge < -0.3 is 10.1 Å². The first kappa shape index (κ1) is 13.9. The number of morpholine rings is 1. The van der Waals surface area contributed by atoms with E-state index < -0.39 is 0 Å². The smallest absolute Gasteiger partial charge is 0.0674 e. The summed E-state index contributed by atoms with van der Waals surface area (Å²) in [5, 5.41) is 3.57. The first-order chi connectivity index (χ1) is 7.29. The summed E-state index contributed by atoms with van der Waals surface area (Å²) in [6.45, 7) is 16.3. The zero-order valence-electron chi connectivity index (χ0n) is 11.7. The van der Waals surface area contributed by atoms with Gasteiger partial charge in [-0.3, -0.25) is 4.90 Å². The minimum absolute atomic E-state index is 0.204. The molecule has 1 rings (SSSR count). The van der Waals surface area contributed by atoms with Crippen LogP contribution in [0.15, 0.2) is 0 Å². The van der Waals surface area contributed by atoms with Gasteiger partial charge in [-0.25, -0.2) is 0 Å². The Morgan fingerprint density at radius 1 is 1.38 bits per heavy atom. The van der Waals surface area contributed by atoms with E-state index in [0.29, 0.717) is 18.2 Å². The number of nitrogens with zero attached hydrogens (tertiary/aromatic N) is 1. The fourth-order valence-corrected chi connectivity index (χ4v) is 2.11. The molecule has 1 N–H and O–H groups in total. The molecule has 0 radical (unpaired) electrons. The number of hydrogen-bond acceptors (Lipinski definition) is 3. The van der Waals surface area contributed by atoms with Crippen LogP contribution in [0.2, 0.25) is 0 Å². The van der Waals surface area contributed by atoms with E-state index in [2.05, 4.69) is 51.8 Å². The molecule has 3 heteroatoms. The molecule has 1 aliphatic rings. The van der Waals surface area contributed by atoms with Gasteiger partial charge in [0.15, 0.2) is 0 Å². The van der Waals surface area contributed by atoms with E-state index in [4.69, 9.17) is 4.74 Å². The van der Waals surface area contributed by atoms with Crippen molar-refractivity contribution in [2.45, 2.75) is 65.3 Å². The molecule has 16 heavy (non-hydrogen) atoms. The van der Waals surface area contributed by atoms with Crippen molar-refractivity contribution in [1.82, 2.24) is 10.2 Å². The predicted molar refractivity (Wildman–Crippen MR) is 68.8 cm³/mol. The van der Waals surface area contributed by atoms with E-state index in [0.717, 1.165) is 19.7 Å². The fraction of sp³-hybridized carbons (Fsp3) is 1.00. The molecule has 0 aromatic carbocycles. The molecule has 0 aliphatic carbocycles. The molecule has 1 fully saturated rings.